The molecule has 0 atom stereocenters. The molecule has 0 saturated carbocycles. The number of fused-ring (bicyclic) bond motifs is 2. The molecule has 0 aliphatic carbocycles. The summed E-state index contributed by atoms with van der Waals surface area (Å²) >= 11 is 0. The van der Waals surface area contributed by atoms with Crippen LogP contribution in [0.2, 0.25) is 0 Å². The first-order valence-electron chi connectivity index (χ1n) is 11.7. The third-order valence-electron chi connectivity index (χ3n) is 5.68. The van der Waals surface area contributed by atoms with Gasteiger partial charge in [-0.05, 0) is 31.0 Å². The molecule has 32 heavy (non-hydrogen) atoms. The van der Waals surface area contributed by atoms with Crippen molar-refractivity contribution in [3.05, 3.63) is 42.5 Å². The minimum atomic E-state index is -4.33. The lowest BCUT2D eigenvalue weighted by Crippen LogP contribution is -2.04. The molecular weight excluding hydrogens is 424 g/mol. The van der Waals surface area contributed by atoms with Crippen molar-refractivity contribution >= 4 is 31.7 Å². The van der Waals surface area contributed by atoms with Gasteiger partial charge in [-0.15, -0.1) is 0 Å². The van der Waals surface area contributed by atoms with Crippen molar-refractivity contribution in [2.24, 2.45) is 0 Å². The van der Waals surface area contributed by atoms with Crippen LogP contribution >= 0.6 is 0 Å². The van der Waals surface area contributed by atoms with E-state index in [0.29, 0.717) is 24.3 Å². The topological polar surface area (TPSA) is 72.8 Å². The molecule has 174 valence electrons. The van der Waals surface area contributed by atoms with Crippen LogP contribution in [0.1, 0.15) is 65.2 Å². The molecule has 0 saturated heterocycles. The van der Waals surface area contributed by atoms with Gasteiger partial charge < -0.3 is 9.47 Å². The summed E-state index contributed by atoms with van der Waals surface area (Å²) in [5, 5.41) is 3.25. The lowest BCUT2D eigenvalue weighted by molar-refractivity contribution is 0.307. The molecule has 3 aromatic carbocycles. The first kappa shape index (κ1) is 24.3. The van der Waals surface area contributed by atoms with E-state index < -0.39 is 10.1 Å². The first-order valence-corrected chi connectivity index (χ1v) is 13.1. The number of hydrogen-bond donors (Lipinski definition) is 1. The summed E-state index contributed by atoms with van der Waals surface area (Å²) in [5.41, 5.74) is 0. The maximum atomic E-state index is 11.8. The Labute approximate surface area is 191 Å². The van der Waals surface area contributed by atoms with Crippen LogP contribution in [0.5, 0.6) is 11.5 Å². The van der Waals surface area contributed by atoms with Gasteiger partial charge in [-0.2, -0.15) is 8.42 Å². The Morgan fingerprint density at radius 1 is 0.688 bits per heavy atom. The lowest BCUT2D eigenvalue weighted by Gasteiger charge is -2.18. The normalized spacial score (nSPS) is 11.8. The highest BCUT2D eigenvalue weighted by Gasteiger charge is 2.19. The van der Waals surface area contributed by atoms with E-state index in [1.807, 2.05) is 24.3 Å². The second kappa shape index (κ2) is 11.5. The van der Waals surface area contributed by atoms with Crippen molar-refractivity contribution in [2.45, 2.75) is 70.1 Å². The van der Waals surface area contributed by atoms with Gasteiger partial charge >= 0.3 is 0 Å². The van der Waals surface area contributed by atoms with Crippen LogP contribution in [0.3, 0.4) is 0 Å². The second-order valence-corrected chi connectivity index (χ2v) is 9.63. The average Bonchev–Trinajstić information content (AvgIpc) is 2.78. The molecule has 3 aromatic rings. The van der Waals surface area contributed by atoms with E-state index in [9.17, 15) is 13.0 Å². The molecule has 0 heterocycles. The number of rotatable bonds is 13. The molecule has 0 spiro atoms. The molecule has 0 aromatic heterocycles. The number of ether oxygens (including phenoxy) is 2. The maximum absolute atomic E-state index is 11.8. The van der Waals surface area contributed by atoms with E-state index in [4.69, 9.17) is 9.47 Å². The number of unbranched alkanes of at least 4 members (excludes halogenated alkanes) is 6. The molecular formula is C26H34O5S. The Morgan fingerprint density at radius 3 is 1.69 bits per heavy atom. The van der Waals surface area contributed by atoms with Gasteiger partial charge in [0.2, 0.25) is 0 Å². The zero-order valence-corrected chi connectivity index (χ0v) is 19.9. The number of benzene rings is 3. The molecule has 1 N–H and O–H groups in total. The van der Waals surface area contributed by atoms with Crippen molar-refractivity contribution in [2.75, 3.05) is 13.2 Å². The van der Waals surface area contributed by atoms with Crippen molar-refractivity contribution in [3.63, 3.8) is 0 Å². The first-order chi connectivity index (χ1) is 15.5. The van der Waals surface area contributed by atoms with Gasteiger partial charge in [0.25, 0.3) is 10.1 Å². The lowest BCUT2D eigenvalue weighted by atomic mass is 10.0. The fraction of sp³-hybridized carbons (Fsp3) is 0.462. The highest BCUT2D eigenvalue weighted by atomic mass is 32.2. The maximum Gasteiger partial charge on any atom is 0.294 e. The van der Waals surface area contributed by atoms with Gasteiger partial charge in [-0.3, -0.25) is 4.55 Å². The van der Waals surface area contributed by atoms with Crippen LogP contribution in [0.4, 0.5) is 0 Å². The Balaban J connectivity index is 2.08. The molecule has 5 nitrogen and oxygen atoms in total. The van der Waals surface area contributed by atoms with E-state index in [1.165, 1.54) is 18.6 Å². The van der Waals surface area contributed by atoms with Gasteiger partial charge in [0, 0.05) is 21.5 Å². The smallest absolute Gasteiger partial charge is 0.294 e. The minimum absolute atomic E-state index is 0.148. The predicted molar refractivity (Wildman–Crippen MR) is 131 cm³/mol. The molecule has 6 heteroatoms. The summed E-state index contributed by atoms with van der Waals surface area (Å²) < 4.78 is 45.7. The Bertz CT molecular complexity index is 1140. The van der Waals surface area contributed by atoms with Crippen LogP contribution in [-0.2, 0) is 10.1 Å². The third-order valence-corrected chi connectivity index (χ3v) is 6.53. The summed E-state index contributed by atoms with van der Waals surface area (Å²) in [4.78, 5) is -0.148. The molecule has 0 fully saturated rings. The average molecular weight is 459 g/mol. The monoisotopic (exact) mass is 458 g/mol. The van der Waals surface area contributed by atoms with Crippen LogP contribution in [-0.4, -0.2) is 26.2 Å². The van der Waals surface area contributed by atoms with Gasteiger partial charge in [0.1, 0.15) is 11.5 Å². The second-order valence-electron chi connectivity index (χ2n) is 8.20. The largest absolute Gasteiger partial charge is 0.492 e. The molecule has 0 unspecified atom stereocenters. The molecule has 3 rings (SSSR count). The molecule has 0 radical (unpaired) electrons. The molecule has 0 bridgehead atoms. The molecule has 0 aliphatic heterocycles. The van der Waals surface area contributed by atoms with Gasteiger partial charge in [-0.1, -0.05) is 76.6 Å². The summed E-state index contributed by atoms with van der Waals surface area (Å²) in [6, 6.07) is 12.5. The fourth-order valence-corrected chi connectivity index (χ4v) is 4.46. The van der Waals surface area contributed by atoms with Crippen LogP contribution < -0.4 is 9.47 Å². The summed E-state index contributed by atoms with van der Waals surface area (Å²) in [6.45, 7) is 5.48. The Hall–Kier alpha value is -2.31. The minimum Gasteiger partial charge on any atom is -0.492 e. The summed E-state index contributed by atoms with van der Waals surface area (Å²) in [7, 11) is -4.33. The molecule has 0 amide bonds. The van der Waals surface area contributed by atoms with Crippen molar-refractivity contribution in [3.8, 4) is 11.5 Å². The zero-order valence-electron chi connectivity index (χ0n) is 19.1. The van der Waals surface area contributed by atoms with Gasteiger partial charge in [-0.25, -0.2) is 0 Å². The van der Waals surface area contributed by atoms with E-state index in [2.05, 4.69) is 13.8 Å². The van der Waals surface area contributed by atoms with Crippen LogP contribution in [0, 0.1) is 0 Å². The van der Waals surface area contributed by atoms with Gasteiger partial charge in [0.15, 0.2) is 0 Å². The molecule has 0 aliphatic rings. The van der Waals surface area contributed by atoms with E-state index >= 15 is 0 Å². The summed E-state index contributed by atoms with van der Waals surface area (Å²) in [6.07, 6.45) is 8.72. The standard InChI is InChI=1S/C26H34O5S/c1-3-5-7-11-17-30-25-21-13-9-10-14-22(21)26(31-18-12-8-6-4-2)24-19-20(32(27,28)29)15-16-23(24)25/h9-10,13-16,19H,3-8,11-12,17-18H2,1-2H3,(H,27,28,29). The van der Waals surface area contributed by atoms with Crippen LogP contribution in [0.25, 0.3) is 21.5 Å². The van der Waals surface area contributed by atoms with Crippen molar-refractivity contribution < 1.29 is 22.4 Å². The highest BCUT2D eigenvalue weighted by Crippen LogP contribution is 2.43. The Morgan fingerprint density at radius 2 is 1.19 bits per heavy atom. The van der Waals surface area contributed by atoms with E-state index in [-0.39, 0.29) is 4.90 Å². The zero-order chi connectivity index (χ0) is 23.0. The summed E-state index contributed by atoms with van der Waals surface area (Å²) in [5.74, 6) is 1.36. The predicted octanol–water partition coefficient (Wildman–Crippen LogP) is 7.16. The van der Waals surface area contributed by atoms with Crippen molar-refractivity contribution in [1.29, 1.82) is 0 Å². The Kier molecular flexibility index (Phi) is 8.76. The van der Waals surface area contributed by atoms with Gasteiger partial charge in [0.05, 0.1) is 18.1 Å². The van der Waals surface area contributed by atoms with E-state index in [1.54, 1.807) is 6.07 Å². The van der Waals surface area contributed by atoms with Crippen LogP contribution in [0.15, 0.2) is 47.4 Å². The van der Waals surface area contributed by atoms with Crippen molar-refractivity contribution in [1.82, 2.24) is 0 Å². The van der Waals surface area contributed by atoms with E-state index in [0.717, 1.165) is 66.9 Å². The number of hydrogen-bond acceptors (Lipinski definition) is 4. The third kappa shape index (κ3) is 5.93. The quantitative estimate of drug-likeness (QED) is 0.167. The fourth-order valence-electron chi connectivity index (χ4n) is 3.96. The SMILES string of the molecule is CCCCCCOc1c2ccccc2c(OCCCCCC)c2cc(S(=O)(=O)O)ccc12. The highest BCUT2D eigenvalue weighted by molar-refractivity contribution is 7.85.